The largest absolute Gasteiger partial charge is 0.372 e. The van der Waals surface area contributed by atoms with E-state index < -0.39 is 0 Å². The van der Waals surface area contributed by atoms with Gasteiger partial charge in [0.2, 0.25) is 0 Å². The van der Waals surface area contributed by atoms with Crippen LogP contribution in [0.5, 0.6) is 0 Å². The quantitative estimate of drug-likeness (QED) is 0.773. The summed E-state index contributed by atoms with van der Waals surface area (Å²) in [5.74, 6) is 1.74. The molecule has 0 saturated heterocycles. The van der Waals surface area contributed by atoms with Gasteiger partial charge in [0.15, 0.2) is 5.82 Å². The number of nitrogens with one attached hydrogen (secondary N) is 1. The first-order valence-corrected chi connectivity index (χ1v) is 8.01. The van der Waals surface area contributed by atoms with Crippen molar-refractivity contribution in [3.05, 3.63) is 38.8 Å². The highest BCUT2D eigenvalue weighted by Crippen LogP contribution is 2.27. The lowest BCUT2D eigenvalue weighted by atomic mass is 10.1. The summed E-state index contributed by atoms with van der Waals surface area (Å²) in [5.41, 5.74) is 2.74. The van der Waals surface area contributed by atoms with E-state index in [1.807, 2.05) is 14.0 Å². The van der Waals surface area contributed by atoms with Crippen molar-refractivity contribution in [2.75, 3.05) is 12.4 Å². The smallest absolute Gasteiger partial charge is 0.162 e. The molecule has 0 atom stereocenters. The monoisotopic (exact) mass is 399 g/mol. The Kier molecular flexibility index (Phi) is 5.13. The fraction of sp³-hybridized carbons (Fsp3) is 0.375. The number of anilines is 1. The molecule has 1 aromatic carbocycles. The van der Waals surface area contributed by atoms with Crippen LogP contribution in [0.3, 0.4) is 0 Å². The van der Waals surface area contributed by atoms with Crippen LogP contribution in [0.25, 0.3) is 11.4 Å². The predicted molar refractivity (Wildman–Crippen MR) is 93.0 cm³/mol. The standard InChI is InChI=1S/C16H19FIN3/c1-9(2)7-13-14(18)16(19-4)21-15(20-13)12-6-5-11(17)8-10(12)3/h5-6,8-9H,7H2,1-4H3,(H,19,20,21). The zero-order valence-electron chi connectivity index (χ0n) is 12.7. The summed E-state index contributed by atoms with van der Waals surface area (Å²) >= 11 is 2.28. The maximum absolute atomic E-state index is 13.3. The molecule has 5 heteroatoms. The van der Waals surface area contributed by atoms with E-state index in [-0.39, 0.29) is 5.82 Å². The molecule has 2 aromatic rings. The number of aromatic nitrogens is 2. The van der Waals surface area contributed by atoms with Crippen molar-refractivity contribution in [1.29, 1.82) is 0 Å². The second-order valence-corrected chi connectivity index (χ2v) is 6.54. The normalized spacial score (nSPS) is 11.0. The molecule has 1 aromatic heterocycles. The van der Waals surface area contributed by atoms with Crippen LogP contribution < -0.4 is 5.32 Å². The zero-order valence-corrected chi connectivity index (χ0v) is 14.8. The lowest BCUT2D eigenvalue weighted by Crippen LogP contribution is -2.08. The maximum Gasteiger partial charge on any atom is 0.162 e. The Hall–Kier alpha value is -1.24. The van der Waals surface area contributed by atoms with Gasteiger partial charge in [0.25, 0.3) is 0 Å². The third kappa shape index (κ3) is 3.70. The lowest BCUT2D eigenvalue weighted by Gasteiger charge is -2.13. The molecule has 0 saturated carbocycles. The minimum absolute atomic E-state index is 0.238. The molecule has 0 bridgehead atoms. The van der Waals surface area contributed by atoms with Crippen LogP contribution >= 0.6 is 22.6 Å². The van der Waals surface area contributed by atoms with Gasteiger partial charge >= 0.3 is 0 Å². The summed E-state index contributed by atoms with van der Waals surface area (Å²) in [6.07, 6.45) is 0.892. The van der Waals surface area contributed by atoms with Crippen molar-refractivity contribution in [2.45, 2.75) is 27.2 Å². The van der Waals surface area contributed by atoms with Crippen LogP contribution in [0.4, 0.5) is 10.2 Å². The Morgan fingerprint density at radius 3 is 2.57 bits per heavy atom. The average molecular weight is 399 g/mol. The molecule has 0 aliphatic heterocycles. The van der Waals surface area contributed by atoms with Gasteiger partial charge in [0.1, 0.15) is 11.6 Å². The Morgan fingerprint density at radius 2 is 2.00 bits per heavy atom. The molecule has 2 rings (SSSR count). The fourth-order valence-corrected chi connectivity index (χ4v) is 2.91. The minimum Gasteiger partial charge on any atom is -0.372 e. The summed E-state index contributed by atoms with van der Waals surface area (Å²) in [5, 5.41) is 3.12. The van der Waals surface area contributed by atoms with Crippen molar-refractivity contribution < 1.29 is 4.39 Å². The van der Waals surface area contributed by atoms with Crippen LogP contribution in [-0.4, -0.2) is 17.0 Å². The molecule has 0 aliphatic carbocycles. The highest BCUT2D eigenvalue weighted by atomic mass is 127. The highest BCUT2D eigenvalue weighted by molar-refractivity contribution is 14.1. The lowest BCUT2D eigenvalue weighted by molar-refractivity contribution is 0.626. The summed E-state index contributed by atoms with van der Waals surface area (Å²) < 4.78 is 14.3. The molecule has 0 radical (unpaired) electrons. The molecule has 0 spiro atoms. The summed E-state index contributed by atoms with van der Waals surface area (Å²) in [6.45, 7) is 6.21. The number of halogens is 2. The molecule has 0 fully saturated rings. The molecule has 0 unspecified atom stereocenters. The van der Waals surface area contributed by atoms with E-state index in [9.17, 15) is 4.39 Å². The van der Waals surface area contributed by atoms with Gasteiger partial charge < -0.3 is 5.32 Å². The van der Waals surface area contributed by atoms with E-state index in [1.54, 1.807) is 6.07 Å². The van der Waals surface area contributed by atoms with E-state index in [0.29, 0.717) is 11.7 Å². The Balaban J connectivity index is 2.58. The molecule has 112 valence electrons. The van der Waals surface area contributed by atoms with Gasteiger partial charge in [-0.3, -0.25) is 0 Å². The van der Waals surface area contributed by atoms with Gasteiger partial charge in [-0.25, -0.2) is 14.4 Å². The van der Waals surface area contributed by atoms with Gasteiger partial charge in [0.05, 0.1) is 9.26 Å². The van der Waals surface area contributed by atoms with Gasteiger partial charge in [-0.05, 0) is 65.6 Å². The van der Waals surface area contributed by atoms with Crippen molar-refractivity contribution in [3.8, 4) is 11.4 Å². The van der Waals surface area contributed by atoms with Crippen molar-refractivity contribution in [1.82, 2.24) is 9.97 Å². The molecular weight excluding hydrogens is 380 g/mol. The SMILES string of the molecule is CNc1nc(-c2ccc(F)cc2C)nc(CC(C)C)c1I. The first-order chi connectivity index (χ1) is 9.92. The average Bonchev–Trinajstić information content (AvgIpc) is 2.41. The first kappa shape index (κ1) is 16.1. The topological polar surface area (TPSA) is 37.8 Å². The highest BCUT2D eigenvalue weighted by Gasteiger charge is 2.15. The first-order valence-electron chi connectivity index (χ1n) is 6.93. The molecule has 0 amide bonds. The van der Waals surface area contributed by atoms with Gasteiger partial charge in [-0.1, -0.05) is 13.8 Å². The van der Waals surface area contributed by atoms with E-state index in [1.165, 1.54) is 12.1 Å². The Bertz CT molecular complexity index is 656. The molecule has 1 N–H and O–H groups in total. The van der Waals surface area contributed by atoms with Crippen molar-refractivity contribution in [2.24, 2.45) is 5.92 Å². The molecule has 21 heavy (non-hydrogen) atoms. The number of nitrogens with zero attached hydrogens (tertiary/aromatic N) is 2. The summed E-state index contributed by atoms with van der Waals surface area (Å²) in [7, 11) is 1.85. The van der Waals surface area contributed by atoms with Gasteiger partial charge in [0, 0.05) is 12.6 Å². The van der Waals surface area contributed by atoms with Gasteiger partial charge in [-0.15, -0.1) is 0 Å². The number of rotatable bonds is 4. The fourth-order valence-electron chi connectivity index (χ4n) is 2.18. The van der Waals surface area contributed by atoms with Crippen molar-refractivity contribution in [3.63, 3.8) is 0 Å². The third-order valence-corrected chi connectivity index (χ3v) is 4.32. The maximum atomic E-state index is 13.3. The van der Waals surface area contributed by atoms with Gasteiger partial charge in [-0.2, -0.15) is 0 Å². The second kappa shape index (κ2) is 6.68. The van der Waals surface area contributed by atoms with E-state index in [0.717, 1.165) is 32.6 Å². The van der Waals surface area contributed by atoms with Crippen LogP contribution in [0.2, 0.25) is 0 Å². The predicted octanol–water partition coefficient (Wildman–Crippen LogP) is 4.44. The van der Waals surface area contributed by atoms with Crippen LogP contribution in [-0.2, 0) is 6.42 Å². The Morgan fingerprint density at radius 1 is 1.29 bits per heavy atom. The molecule has 0 aliphatic rings. The van der Waals surface area contributed by atoms with E-state index in [4.69, 9.17) is 4.98 Å². The number of benzene rings is 1. The summed E-state index contributed by atoms with van der Waals surface area (Å²) in [4.78, 5) is 9.27. The third-order valence-electron chi connectivity index (χ3n) is 3.19. The van der Waals surface area contributed by atoms with Crippen LogP contribution in [0.1, 0.15) is 25.1 Å². The minimum atomic E-state index is -0.238. The van der Waals surface area contributed by atoms with Crippen LogP contribution in [0.15, 0.2) is 18.2 Å². The molecule has 3 nitrogen and oxygen atoms in total. The summed E-state index contributed by atoms with van der Waals surface area (Å²) in [6, 6.07) is 4.70. The number of hydrogen-bond donors (Lipinski definition) is 1. The second-order valence-electron chi connectivity index (χ2n) is 5.46. The van der Waals surface area contributed by atoms with E-state index in [2.05, 4.69) is 46.7 Å². The Labute approximate surface area is 138 Å². The van der Waals surface area contributed by atoms with Crippen LogP contribution in [0, 0.1) is 22.2 Å². The number of aryl methyl sites for hydroxylation is 1. The van der Waals surface area contributed by atoms with E-state index >= 15 is 0 Å². The van der Waals surface area contributed by atoms with Crippen molar-refractivity contribution >= 4 is 28.4 Å². The zero-order chi connectivity index (χ0) is 15.6. The number of hydrogen-bond acceptors (Lipinski definition) is 3. The molecular formula is C16H19FIN3. The molecule has 1 heterocycles.